The second-order valence-electron chi connectivity index (χ2n) is 8.45. The molecule has 0 bridgehead atoms. The van der Waals surface area contributed by atoms with Crippen LogP contribution in [-0.4, -0.2) is 69.2 Å². The third-order valence-corrected chi connectivity index (χ3v) is 9.78. The van der Waals surface area contributed by atoms with Gasteiger partial charge in [0.25, 0.3) is 11.8 Å². The highest BCUT2D eigenvalue weighted by atomic mass is 32.2. The SMILES string of the molecule is CC1(S(=O)(=O)C2(CN3CCc4c(C(N)=O)nn(CCCO)c4C3=O)CC2)CC1. The van der Waals surface area contributed by atoms with Gasteiger partial charge in [-0.2, -0.15) is 5.10 Å². The predicted octanol–water partition coefficient (Wildman–Crippen LogP) is -0.137. The van der Waals surface area contributed by atoms with Crippen molar-refractivity contribution in [2.45, 2.75) is 61.5 Å². The van der Waals surface area contributed by atoms with Gasteiger partial charge in [-0.3, -0.25) is 14.3 Å². The summed E-state index contributed by atoms with van der Waals surface area (Å²) in [4.78, 5) is 26.5. The standard InChI is InChI=1S/C18H26N4O5S/c1-17(4-5-17)28(26,27)18(6-7-18)11-21-9-3-12-13(15(19)24)20-22(8-2-10-23)14(12)16(21)25/h23H,2-11H2,1H3,(H2,19,24). The summed E-state index contributed by atoms with van der Waals surface area (Å²) in [5.41, 5.74) is 6.31. The summed E-state index contributed by atoms with van der Waals surface area (Å²) in [6, 6.07) is 0. The minimum atomic E-state index is -3.31. The number of amides is 2. The van der Waals surface area contributed by atoms with E-state index in [1.54, 1.807) is 11.8 Å². The summed E-state index contributed by atoms with van der Waals surface area (Å²) in [7, 11) is -3.31. The topological polar surface area (TPSA) is 136 Å². The minimum absolute atomic E-state index is 0.0711. The lowest BCUT2D eigenvalue weighted by Gasteiger charge is -2.32. The fraction of sp³-hybridized carbons (Fsp3) is 0.722. The van der Waals surface area contributed by atoms with Crippen LogP contribution in [0.25, 0.3) is 0 Å². The third-order valence-electron chi connectivity index (χ3n) is 6.39. The maximum Gasteiger partial charge on any atom is 0.272 e. The molecule has 154 valence electrons. The quantitative estimate of drug-likeness (QED) is 0.612. The van der Waals surface area contributed by atoms with E-state index in [2.05, 4.69) is 5.10 Å². The molecule has 9 nitrogen and oxygen atoms in total. The molecule has 28 heavy (non-hydrogen) atoms. The van der Waals surface area contributed by atoms with Gasteiger partial charge in [0, 0.05) is 31.8 Å². The first-order chi connectivity index (χ1) is 13.2. The van der Waals surface area contributed by atoms with Crippen LogP contribution >= 0.6 is 0 Å². The number of aryl methyl sites for hydroxylation is 1. The van der Waals surface area contributed by atoms with Gasteiger partial charge in [0.15, 0.2) is 15.5 Å². The Morgan fingerprint density at radius 3 is 2.50 bits per heavy atom. The summed E-state index contributed by atoms with van der Waals surface area (Å²) in [5.74, 6) is -1.01. The van der Waals surface area contributed by atoms with Crippen LogP contribution in [-0.2, 0) is 22.8 Å². The molecule has 0 saturated heterocycles. The molecule has 2 fully saturated rings. The van der Waals surface area contributed by atoms with Gasteiger partial charge in [-0.05, 0) is 45.4 Å². The molecule has 3 aliphatic rings. The summed E-state index contributed by atoms with van der Waals surface area (Å²) < 4.78 is 26.1. The normalized spacial score (nSPS) is 22.1. The Kier molecular flexibility index (Phi) is 4.35. The van der Waals surface area contributed by atoms with Gasteiger partial charge in [0.1, 0.15) is 5.69 Å². The summed E-state index contributed by atoms with van der Waals surface area (Å²) in [6.45, 7) is 2.53. The summed E-state index contributed by atoms with van der Waals surface area (Å²) in [6.07, 6.45) is 3.33. The molecular weight excluding hydrogens is 384 g/mol. The molecule has 4 rings (SSSR count). The van der Waals surface area contributed by atoms with E-state index >= 15 is 0 Å². The predicted molar refractivity (Wildman–Crippen MR) is 101 cm³/mol. The molecule has 3 N–H and O–H groups in total. The average molecular weight is 410 g/mol. The van der Waals surface area contributed by atoms with Crippen LogP contribution in [0.3, 0.4) is 0 Å². The first kappa shape index (κ1) is 19.4. The zero-order chi connectivity index (χ0) is 20.3. The number of sulfone groups is 1. The Morgan fingerprint density at radius 1 is 1.29 bits per heavy atom. The number of hydrogen-bond donors (Lipinski definition) is 2. The zero-order valence-corrected chi connectivity index (χ0v) is 16.8. The number of aromatic nitrogens is 2. The smallest absolute Gasteiger partial charge is 0.272 e. The highest BCUT2D eigenvalue weighted by Gasteiger charge is 2.65. The molecule has 0 radical (unpaired) electrons. The van der Waals surface area contributed by atoms with Crippen molar-refractivity contribution in [1.29, 1.82) is 0 Å². The number of hydrogen-bond acceptors (Lipinski definition) is 6. The first-order valence-electron chi connectivity index (χ1n) is 9.70. The van der Waals surface area contributed by atoms with Crippen molar-refractivity contribution in [3.8, 4) is 0 Å². The lowest BCUT2D eigenvalue weighted by molar-refractivity contribution is 0.0721. The molecule has 2 amide bonds. The summed E-state index contributed by atoms with van der Waals surface area (Å²) >= 11 is 0. The molecule has 1 aromatic heterocycles. The number of nitrogens with two attached hydrogens (primary N) is 1. The van der Waals surface area contributed by atoms with Gasteiger partial charge in [-0.25, -0.2) is 8.42 Å². The maximum atomic E-state index is 13.2. The van der Waals surface area contributed by atoms with Crippen molar-refractivity contribution in [3.63, 3.8) is 0 Å². The molecule has 10 heteroatoms. The summed E-state index contributed by atoms with van der Waals surface area (Å²) in [5, 5.41) is 13.3. The molecule has 2 saturated carbocycles. The van der Waals surface area contributed by atoms with Crippen molar-refractivity contribution < 1.29 is 23.1 Å². The Bertz CT molecular complexity index is 943. The van der Waals surface area contributed by atoms with Crippen LogP contribution in [0.1, 0.15) is 65.6 Å². The van der Waals surface area contributed by atoms with Crippen molar-refractivity contribution in [3.05, 3.63) is 17.0 Å². The van der Waals surface area contributed by atoms with E-state index in [0.717, 1.165) is 0 Å². The van der Waals surface area contributed by atoms with E-state index in [0.29, 0.717) is 56.3 Å². The van der Waals surface area contributed by atoms with E-state index in [4.69, 9.17) is 10.8 Å². The van der Waals surface area contributed by atoms with Crippen LogP contribution in [0.5, 0.6) is 0 Å². The molecule has 0 unspecified atom stereocenters. The van der Waals surface area contributed by atoms with Gasteiger partial charge in [-0.15, -0.1) is 0 Å². The minimum Gasteiger partial charge on any atom is -0.396 e. The molecule has 0 atom stereocenters. The maximum absolute atomic E-state index is 13.2. The van der Waals surface area contributed by atoms with E-state index in [9.17, 15) is 18.0 Å². The first-order valence-corrected chi connectivity index (χ1v) is 11.2. The molecule has 1 aliphatic heterocycles. The number of aliphatic hydroxyl groups excluding tert-OH is 1. The number of nitrogens with zero attached hydrogens (tertiary/aromatic N) is 3. The lowest BCUT2D eigenvalue weighted by Crippen LogP contribution is -2.48. The number of fused-ring (bicyclic) bond motifs is 1. The van der Waals surface area contributed by atoms with E-state index in [1.807, 2.05) is 0 Å². The largest absolute Gasteiger partial charge is 0.396 e. The Hall–Kier alpha value is -1.94. The van der Waals surface area contributed by atoms with Crippen LogP contribution in [0, 0.1) is 0 Å². The van der Waals surface area contributed by atoms with E-state index in [-0.39, 0.29) is 31.3 Å². The highest BCUT2D eigenvalue weighted by molar-refractivity contribution is 7.94. The molecule has 1 aromatic rings. The van der Waals surface area contributed by atoms with Gasteiger partial charge < -0.3 is 15.7 Å². The van der Waals surface area contributed by atoms with Crippen molar-refractivity contribution in [2.75, 3.05) is 19.7 Å². The Morgan fingerprint density at radius 2 is 1.96 bits per heavy atom. The number of carbonyl (C=O) groups excluding carboxylic acids is 2. The Labute approximate surface area is 163 Å². The van der Waals surface area contributed by atoms with Gasteiger partial charge in [0.05, 0.1) is 9.49 Å². The number of primary amides is 1. The van der Waals surface area contributed by atoms with Crippen molar-refractivity contribution in [1.82, 2.24) is 14.7 Å². The van der Waals surface area contributed by atoms with E-state index < -0.39 is 25.2 Å². The van der Waals surface area contributed by atoms with Crippen LogP contribution < -0.4 is 5.73 Å². The number of aliphatic hydroxyl groups is 1. The average Bonchev–Trinajstić information content (AvgIpc) is 3.55. The monoisotopic (exact) mass is 410 g/mol. The third kappa shape index (κ3) is 2.76. The van der Waals surface area contributed by atoms with Gasteiger partial charge in [0.2, 0.25) is 0 Å². The van der Waals surface area contributed by atoms with Crippen molar-refractivity contribution >= 4 is 21.7 Å². The van der Waals surface area contributed by atoms with Crippen LogP contribution in [0.2, 0.25) is 0 Å². The molecule has 2 heterocycles. The van der Waals surface area contributed by atoms with Gasteiger partial charge >= 0.3 is 0 Å². The second kappa shape index (κ2) is 6.28. The number of rotatable bonds is 8. The van der Waals surface area contributed by atoms with Crippen molar-refractivity contribution in [2.24, 2.45) is 5.73 Å². The van der Waals surface area contributed by atoms with Gasteiger partial charge in [-0.1, -0.05) is 0 Å². The molecular formula is C18H26N4O5S. The fourth-order valence-corrected chi connectivity index (χ4v) is 6.82. The lowest BCUT2D eigenvalue weighted by atomic mass is 10.0. The molecule has 0 aromatic carbocycles. The highest BCUT2D eigenvalue weighted by Crippen LogP contribution is 2.56. The number of carbonyl (C=O) groups is 2. The fourth-order valence-electron chi connectivity index (χ4n) is 4.17. The van der Waals surface area contributed by atoms with Crippen LogP contribution in [0.4, 0.5) is 0 Å². The van der Waals surface area contributed by atoms with Crippen LogP contribution in [0.15, 0.2) is 0 Å². The molecule has 0 spiro atoms. The second-order valence-corrected chi connectivity index (χ2v) is 11.3. The van der Waals surface area contributed by atoms with E-state index in [1.165, 1.54) is 4.68 Å². The zero-order valence-electron chi connectivity index (χ0n) is 16.0. The Balaban J connectivity index is 1.63. The molecule has 2 aliphatic carbocycles.